The van der Waals surface area contributed by atoms with E-state index in [1.807, 2.05) is 0 Å². The van der Waals surface area contributed by atoms with E-state index in [-0.39, 0.29) is 5.91 Å². The molecular weight excluding hydrogens is 264 g/mol. The highest BCUT2D eigenvalue weighted by Crippen LogP contribution is 2.46. The van der Waals surface area contributed by atoms with E-state index in [2.05, 4.69) is 26.2 Å². The van der Waals surface area contributed by atoms with Crippen molar-refractivity contribution in [3.63, 3.8) is 0 Å². The van der Waals surface area contributed by atoms with Crippen LogP contribution in [0.3, 0.4) is 0 Å². The molecule has 1 aromatic rings. The van der Waals surface area contributed by atoms with Crippen LogP contribution in [0.25, 0.3) is 0 Å². The number of hydrogen-bond acceptors (Lipinski definition) is 3. The Bertz CT molecular complexity index is 322. The van der Waals surface area contributed by atoms with Gasteiger partial charge in [0.2, 0.25) is 0 Å². The Morgan fingerprint density at radius 1 is 1.71 bits per heavy atom. The van der Waals surface area contributed by atoms with Crippen LogP contribution in [0.1, 0.15) is 23.3 Å². The van der Waals surface area contributed by atoms with Crippen molar-refractivity contribution in [2.24, 2.45) is 5.41 Å². The topological polar surface area (TPSA) is 42.0 Å². The first-order valence-electron chi connectivity index (χ1n) is 4.48. The molecule has 1 saturated carbocycles. The second kappa shape index (κ2) is 3.98. The van der Waals surface area contributed by atoms with Gasteiger partial charge in [-0.3, -0.25) is 4.79 Å². The molecule has 1 amide bonds. The number of nitrogens with one attached hydrogen (secondary N) is 1. The van der Waals surface area contributed by atoms with Crippen LogP contribution in [-0.2, 0) is 0 Å². The summed E-state index contributed by atoms with van der Waals surface area (Å²) < 4.78 is 0. The van der Waals surface area contributed by atoms with Crippen molar-refractivity contribution in [3.8, 4) is 0 Å². The minimum atomic E-state index is -0.0570. The number of halogens is 1. The number of thiazole rings is 1. The van der Waals surface area contributed by atoms with E-state index in [9.17, 15) is 4.79 Å². The van der Waals surface area contributed by atoms with Crippen molar-refractivity contribution < 1.29 is 4.79 Å². The van der Waals surface area contributed by atoms with Gasteiger partial charge in [0.25, 0.3) is 5.91 Å². The monoisotopic (exact) mass is 274 g/mol. The fourth-order valence-corrected chi connectivity index (χ4v) is 2.51. The molecule has 1 aromatic heterocycles. The van der Waals surface area contributed by atoms with E-state index in [0.29, 0.717) is 11.1 Å². The summed E-state index contributed by atoms with van der Waals surface area (Å²) in [6, 6.07) is 0. The second-order valence-electron chi connectivity index (χ2n) is 3.69. The molecule has 0 spiro atoms. The molecule has 3 nitrogen and oxygen atoms in total. The van der Waals surface area contributed by atoms with Gasteiger partial charge in [0.1, 0.15) is 5.69 Å². The Morgan fingerprint density at radius 2 is 2.50 bits per heavy atom. The zero-order valence-electron chi connectivity index (χ0n) is 7.62. The molecule has 0 unspecified atom stereocenters. The standard InChI is InChI=1S/C9H11BrN2OS/c10-4-9(1-2-9)5-11-8(13)7-3-14-6-12-7/h3,6H,1-2,4-5H2,(H,11,13). The third-order valence-corrected chi connectivity index (χ3v) is 4.31. The van der Waals surface area contributed by atoms with Crippen LogP contribution in [0.2, 0.25) is 0 Å². The first-order chi connectivity index (χ1) is 6.76. The van der Waals surface area contributed by atoms with Crippen LogP contribution < -0.4 is 5.32 Å². The number of amides is 1. The molecule has 5 heteroatoms. The summed E-state index contributed by atoms with van der Waals surface area (Å²) in [5.41, 5.74) is 2.53. The number of hydrogen-bond donors (Lipinski definition) is 1. The van der Waals surface area contributed by atoms with E-state index in [1.54, 1.807) is 10.9 Å². The van der Waals surface area contributed by atoms with Crippen LogP contribution in [0.5, 0.6) is 0 Å². The van der Waals surface area contributed by atoms with E-state index < -0.39 is 0 Å². The normalized spacial score (nSPS) is 17.8. The Labute approximate surface area is 95.1 Å². The summed E-state index contributed by atoms with van der Waals surface area (Å²) in [7, 11) is 0. The van der Waals surface area contributed by atoms with Crippen LogP contribution in [-0.4, -0.2) is 22.8 Å². The van der Waals surface area contributed by atoms with Gasteiger partial charge in [0.05, 0.1) is 5.51 Å². The molecule has 1 N–H and O–H groups in total. The lowest BCUT2D eigenvalue weighted by Gasteiger charge is -2.11. The molecule has 0 aromatic carbocycles. The lowest BCUT2D eigenvalue weighted by molar-refractivity contribution is 0.0942. The first-order valence-corrected chi connectivity index (χ1v) is 6.55. The summed E-state index contributed by atoms with van der Waals surface area (Å²) in [6.45, 7) is 0.759. The largest absolute Gasteiger partial charge is 0.350 e. The number of aromatic nitrogens is 1. The van der Waals surface area contributed by atoms with Crippen LogP contribution in [0, 0.1) is 5.41 Å². The zero-order valence-corrected chi connectivity index (χ0v) is 10.0. The maximum absolute atomic E-state index is 11.5. The van der Waals surface area contributed by atoms with Gasteiger partial charge in [0.15, 0.2) is 0 Å². The predicted molar refractivity (Wildman–Crippen MR) is 59.9 cm³/mol. The lowest BCUT2D eigenvalue weighted by Crippen LogP contribution is -2.31. The zero-order chi connectivity index (χ0) is 10.0. The van der Waals surface area contributed by atoms with Crippen molar-refractivity contribution in [2.45, 2.75) is 12.8 Å². The number of nitrogens with zero attached hydrogens (tertiary/aromatic N) is 1. The van der Waals surface area contributed by atoms with Gasteiger partial charge in [-0.25, -0.2) is 4.98 Å². The summed E-state index contributed by atoms with van der Waals surface area (Å²) in [5.74, 6) is -0.0570. The number of carbonyl (C=O) groups is 1. The summed E-state index contributed by atoms with van der Waals surface area (Å²) >= 11 is 4.91. The van der Waals surface area contributed by atoms with Gasteiger partial charge in [0, 0.05) is 17.3 Å². The molecular formula is C9H11BrN2OS. The molecule has 1 aliphatic carbocycles. The molecule has 1 heterocycles. The molecule has 0 bridgehead atoms. The molecule has 14 heavy (non-hydrogen) atoms. The van der Waals surface area contributed by atoms with Crippen LogP contribution >= 0.6 is 27.3 Å². The predicted octanol–water partition coefficient (Wildman–Crippen LogP) is 2.05. The van der Waals surface area contributed by atoms with E-state index in [4.69, 9.17) is 0 Å². The smallest absolute Gasteiger partial charge is 0.270 e. The SMILES string of the molecule is O=C(NCC1(CBr)CC1)c1cscn1. The maximum Gasteiger partial charge on any atom is 0.270 e. The third kappa shape index (κ3) is 2.15. The second-order valence-corrected chi connectivity index (χ2v) is 4.97. The summed E-state index contributed by atoms with van der Waals surface area (Å²) in [4.78, 5) is 15.5. The molecule has 76 valence electrons. The number of alkyl halides is 1. The summed E-state index contributed by atoms with van der Waals surface area (Å²) in [5, 5.41) is 5.65. The Morgan fingerprint density at radius 3 is 3.00 bits per heavy atom. The van der Waals surface area contributed by atoms with E-state index >= 15 is 0 Å². The molecule has 0 saturated heterocycles. The molecule has 1 aliphatic rings. The molecule has 2 rings (SSSR count). The highest BCUT2D eigenvalue weighted by Gasteiger charge is 2.41. The average molecular weight is 275 g/mol. The van der Waals surface area contributed by atoms with Gasteiger partial charge < -0.3 is 5.32 Å². The van der Waals surface area contributed by atoms with Gasteiger partial charge >= 0.3 is 0 Å². The van der Waals surface area contributed by atoms with Crippen molar-refractivity contribution in [3.05, 3.63) is 16.6 Å². The van der Waals surface area contributed by atoms with Gasteiger partial charge in [-0.15, -0.1) is 11.3 Å². The molecule has 0 radical (unpaired) electrons. The fraction of sp³-hybridized carbons (Fsp3) is 0.556. The Balaban J connectivity index is 1.84. The molecule has 0 aliphatic heterocycles. The third-order valence-electron chi connectivity index (χ3n) is 2.53. The number of carbonyl (C=O) groups excluding carboxylic acids is 1. The first kappa shape index (κ1) is 10.1. The minimum Gasteiger partial charge on any atom is -0.350 e. The summed E-state index contributed by atoms with van der Waals surface area (Å²) in [6.07, 6.45) is 2.41. The van der Waals surface area contributed by atoms with Crippen molar-refractivity contribution in [1.29, 1.82) is 0 Å². The highest BCUT2D eigenvalue weighted by molar-refractivity contribution is 9.09. The van der Waals surface area contributed by atoms with Gasteiger partial charge in [-0.05, 0) is 18.3 Å². The van der Waals surface area contributed by atoms with Crippen LogP contribution in [0.4, 0.5) is 0 Å². The minimum absolute atomic E-state index is 0.0570. The maximum atomic E-state index is 11.5. The highest BCUT2D eigenvalue weighted by atomic mass is 79.9. The lowest BCUT2D eigenvalue weighted by atomic mass is 10.1. The van der Waals surface area contributed by atoms with Crippen molar-refractivity contribution >= 4 is 33.2 Å². The Kier molecular flexibility index (Phi) is 2.88. The molecule has 0 atom stereocenters. The fourth-order valence-electron chi connectivity index (χ4n) is 1.22. The van der Waals surface area contributed by atoms with E-state index in [1.165, 1.54) is 24.2 Å². The van der Waals surface area contributed by atoms with Crippen LogP contribution in [0.15, 0.2) is 10.9 Å². The van der Waals surface area contributed by atoms with Crippen molar-refractivity contribution in [1.82, 2.24) is 10.3 Å². The van der Waals surface area contributed by atoms with Gasteiger partial charge in [-0.2, -0.15) is 0 Å². The molecule has 1 fully saturated rings. The van der Waals surface area contributed by atoms with Crippen molar-refractivity contribution in [2.75, 3.05) is 11.9 Å². The quantitative estimate of drug-likeness (QED) is 0.854. The number of rotatable bonds is 4. The van der Waals surface area contributed by atoms with Gasteiger partial charge in [-0.1, -0.05) is 15.9 Å². The Hall–Kier alpha value is -0.420. The average Bonchev–Trinajstić information content (AvgIpc) is 2.78. The van der Waals surface area contributed by atoms with E-state index in [0.717, 1.165) is 11.9 Å².